The molecule has 14 heavy (non-hydrogen) atoms. The third-order valence-electron chi connectivity index (χ3n) is 1.83. The van der Waals surface area contributed by atoms with Gasteiger partial charge in [0.25, 0.3) is 0 Å². The minimum atomic E-state index is -0.772. The molecule has 0 saturated heterocycles. The van der Waals surface area contributed by atoms with Crippen molar-refractivity contribution in [2.45, 2.75) is 38.2 Å². The fourth-order valence-electron chi connectivity index (χ4n) is 1.05. The Hall–Kier alpha value is -0.650. The summed E-state index contributed by atoms with van der Waals surface area (Å²) in [6.45, 7) is 0.556. The molecule has 5 heteroatoms. The van der Waals surface area contributed by atoms with E-state index in [1.54, 1.807) is 7.11 Å². The third kappa shape index (κ3) is 11.4. The Morgan fingerprint density at radius 2 is 2.00 bits per heavy atom. The number of aliphatic hydroxyl groups excluding tert-OH is 1. The summed E-state index contributed by atoms with van der Waals surface area (Å²) in [6.07, 6.45) is 2.53. The molecule has 0 radical (unpaired) electrons. The van der Waals surface area contributed by atoms with Crippen LogP contribution >= 0.6 is 0 Å². The quantitative estimate of drug-likeness (QED) is 0.557. The monoisotopic (exact) mass is 208 g/mol. The van der Waals surface area contributed by atoms with Gasteiger partial charge in [-0.25, -0.2) is 0 Å². The number of rotatable bonds is 8. The fourth-order valence-corrected chi connectivity index (χ4v) is 1.05. The van der Waals surface area contributed by atoms with Gasteiger partial charge >= 0.3 is 5.97 Å². The second-order valence-electron chi connectivity index (χ2n) is 3.07. The standard InChI is InChI=1S/C9H18O4.H2O/c1-13-7-6-8(10)4-2-3-5-9(11)12;/h8,10H,2-7H2,1H3,(H,11,12);1H2/t8-;/m0./s1. The third-order valence-corrected chi connectivity index (χ3v) is 1.83. The number of ether oxygens (including phenoxy) is 1. The molecule has 5 nitrogen and oxygen atoms in total. The van der Waals surface area contributed by atoms with Crippen molar-refractivity contribution >= 4 is 5.97 Å². The van der Waals surface area contributed by atoms with Gasteiger partial charge in [-0.1, -0.05) is 6.42 Å². The Bertz CT molecular complexity index is 137. The van der Waals surface area contributed by atoms with Crippen LogP contribution in [0, 0.1) is 0 Å². The van der Waals surface area contributed by atoms with Crippen LogP contribution in [0.15, 0.2) is 0 Å². The second-order valence-corrected chi connectivity index (χ2v) is 3.07. The Labute approximate surface area is 84.0 Å². The van der Waals surface area contributed by atoms with Crippen molar-refractivity contribution in [1.29, 1.82) is 0 Å². The highest BCUT2D eigenvalue weighted by molar-refractivity contribution is 5.66. The van der Waals surface area contributed by atoms with Crippen molar-refractivity contribution in [1.82, 2.24) is 0 Å². The molecule has 0 aliphatic carbocycles. The zero-order valence-corrected chi connectivity index (χ0v) is 8.53. The molecule has 0 aromatic rings. The summed E-state index contributed by atoms with van der Waals surface area (Å²) in [5, 5.41) is 17.7. The lowest BCUT2D eigenvalue weighted by Crippen LogP contribution is -2.09. The van der Waals surface area contributed by atoms with Gasteiger partial charge < -0.3 is 20.4 Å². The van der Waals surface area contributed by atoms with E-state index in [9.17, 15) is 9.90 Å². The van der Waals surface area contributed by atoms with E-state index in [2.05, 4.69) is 0 Å². The van der Waals surface area contributed by atoms with E-state index in [1.165, 1.54) is 0 Å². The maximum absolute atomic E-state index is 10.1. The van der Waals surface area contributed by atoms with Gasteiger partial charge in [0.1, 0.15) is 0 Å². The highest BCUT2D eigenvalue weighted by Crippen LogP contribution is 2.06. The molecule has 0 bridgehead atoms. The molecule has 0 aliphatic rings. The van der Waals surface area contributed by atoms with Crippen LogP contribution in [0.25, 0.3) is 0 Å². The SMILES string of the molecule is COCC[C@@H](O)CCCCC(=O)O.O. The molecular weight excluding hydrogens is 188 g/mol. The second kappa shape index (κ2) is 10.4. The van der Waals surface area contributed by atoms with Crippen molar-refractivity contribution in [2.24, 2.45) is 0 Å². The van der Waals surface area contributed by atoms with Crippen LogP contribution in [0.5, 0.6) is 0 Å². The molecule has 0 rings (SSSR count). The Balaban J connectivity index is 0. The zero-order valence-electron chi connectivity index (χ0n) is 8.53. The number of carbonyl (C=O) groups is 1. The molecule has 86 valence electrons. The van der Waals surface area contributed by atoms with Crippen molar-refractivity contribution in [3.8, 4) is 0 Å². The number of aliphatic carboxylic acids is 1. The number of aliphatic hydroxyl groups is 1. The first kappa shape index (κ1) is 15.8. The molecule has 0 heterocycles. The fraction of sp³-hybridized carbons (Fsp3) is 0.889. The first-order chi connectivity index (χ1) is 6.16. The van der Waals surface area contributed by atoms with Crippen LogP contribution in [-0.4, -0.2) is 41.5 Å². The highest BCUT2D eigenvalue weighted by Gasteiger charge is 2.04. The van der Waals surface area contributed by atoms with Crippen molar-refractivity contribution in [2.75, 3.05) is 13.7 Å². The predicted molar refractivity (Wildman–Crippen MR) is 52.2 cm³/mol. The Morgan fingerprint density at radius 3 is 2.50 bits per heavy atom. The van der Waals surface area contributed by atoms with Gasteiger partial charge in [0.15, 0.2) is 0 Å². The van der Waals surface area contributed by atoms with Gasteiger partial charge in [-0.3, -0.25) is 4.79 Å². The van der Waals surface area contributed by atoms with Crippen LogP contribution < -0.4 is 0 Å². The summed E-state index contributed by atoms with van der Waals surface area (Å²) in [5.74, 6) is -0.772. The Morgan fingerprint density at radius 1 is 1.36 bits per heavy atom. The van der Waals surface area contributed by atoms with E-state index < -0.39 is 5.97 Å². The molecule has 0 aromatic heterocycles. The summed E-state index contributed by atoms with van der Waals surface area (Å²) in [6, 6.07) is 0. The van der Waals surface area contributed by atoms with Gasteiger partial charge in [-0.15, -0.1) is 0 Å². The lowest BCUT2D eigenvalue weighted by molar-refractivity contribution is -0.137. The number of carboxylic acid groups (broad SMARTS) is 1. The average Bonchev–Trinajstić information content (AvgIpc) is 2.08. The molecular formula is C9H20O5. The van der Waals surface area contributed by atoms with Gasteiger partial charge in [0.05, 0.1) is 6.10 Å². The highest BCUT2D eigenvalue weighted by atomic mass is 16.5. The van der Waals surface area contributed by atoms with Gasteiger partial charge in [-0.2, -0.15) is 0 Å². The molecule has 0 spiro atoms. The summed E-state index contributed by atoms with van der Waals surface area (Å²) in [4.78, 5) is 10.1. The Kier molecular flexibility index (Phi) is 11.8. The molecule has 0 amide bonds. The van der Waals surface area contributed by atoms with Gasteiger partial charge in [0.2, 0.25) is 0 Å². The van der Waals surface area contributed by atoms with Crippen LogP contribution in [0.4, 0.5) is 0 Å². The van der Waals surface area contributed by atoms with Crippen LogP contribution in [0.3, 0.4) is 0 Å². The van der Waals surface area contributed by atoms with Crippen LogP contribution in [0.2, 0.25) is 0 Å². The number of unbranched alkanes of at least 4 members (excludes halogenated alkanes) is 1. The maximum atomic E-state index is 10.1. The summed E-state index contributed by atoms with van der Waals surface area (Å²) in [5.41, 5.74) is 0. The average molecular weight is 208 g/mol. The normalized spacial score (nSPS) is 11.9. The van der Waals surface area contributed by atoms with E-state index in [0.29, 0.717) is 25.9 Å². The molecule has 0 saturated carbocycles. The lowest BCUT2D eigenvalue weighted by Gasteiger charge is -2.08. The van der Waals surface area contributed by atoms with Crippen molar-refractivity contribution < 1.29 is 25.2 Å². The molecule has 0 unspecified atom stereocenters. The molecule has 0 aromatic carbocycles. The van der Waals surface area contributed by atoms with E-state index >= 15 is 0 Å². The first-order valence-corrected chi connectivity index (χ1v) is 4.55. The van der Waals surface area contributed by atoms with E-state index in [1.807, 2.05) is 0 Å². The molecule has 4 N–H and O–H groups in total. The number of carboxylic acids is 1. The molecule has 0 aliphatic heterocycles. The van der Waals surface area contributed by atoms with Crippen molar-refractivity contribution in [3.63, 3.8) is 0 Å². The van der Waals surface area contributed by atoms with E-state index in [-0.39, 0.29) is 18.0 Å². The number of methoxy groups -OCH3 is 1. The van der Waals surface area contributed by atoms with Gasteiger partial charge in [-0.05, 0) is 19.3 Å². The summed E-state index contributed by atoms with van der Waals surface area (Å²) < 4.78 is 4.80. The predicted octanol–water partition coefficient (Wildman–Crippen LogP) is 0.204. The largest absolute Gasteiger partial charge is 0.481 e. The minimum absolute atomic E-state index is 0. The molecule has 1 atom stereocenters. The summed E-state index contributed by atoms with van der Waals surface area (Å²) in [7, 11) is 1.59. The van der Waals surface area contributed by atoms with Crippen molar-refractivity contribution in [3.05, 3.63) is 0 Å². The topological polar surface area (TPSA) is 98.3 Å². The van der Waals surface area contributed by atoms with Gasteiger partial charge in [0, 0.05) is 20.1 Å². The smallest absolute Gasteiger partial charge is 0.303 e. The lowest BCUT2D eigenvalue weighted by atomic mass is 10.1. The molecule has 0 fully saturated rings. The zero-order chi connectivity index (χ0) is 10.1. The number of hydrogen-bond acceptors (Lipinski definition) is 3. The number of hydrogen-bond donors (Lipinski definition) is 2. The summed E-state index contributed by atoms with van der Waals surface area (Å²) >= 11 is 0. The van der Waals surface area contributed by atoms with E-state index in [0.717, 1.165) is 6.42 Å². The van der Waals surface area contributed by atoms with Crippen LogP contribution in [-0.2, 0) is 9.53 Å². The van der Waals surface area contributed by atoms with E-state index in [4.69, 9.17) is 9.84 Å². The first-order valence-electron chi connectivity index (χ1n) is 4.55. The van der Waals surface area contributed by atoms with Crippen LogP contribution in [0.1, 0.15) is 32.1 Å². The maximum Gasteiger partial charge on any atom is 0.303 e. The minimum Gasteiger partial charge on any atom is -0.481 e.